The van der Waals surface area contributed by atoms with E-state index < -0.39 is 12.4 Å². The summed E-state index contributed by atoms with van der Waals surface area (Å²) in [5.41, 5.74) is 1.12. The molecule has 162 valence electrons. The second-order valence-corrected chi connectivity index (χ2v) is 6.78. The summed E-state index contributed by atoms with van der Waals surface area (Å²) in [7, 11) is 1.74. The highest BCUT2D eigenvalue weighted by molar-refractivity contribution is 5.96. The van der Waals surface area contributed by atoms with E-state index in [2.05, 4.69) is 10.1 Å². The van der Waals surface area contributed by atoms with Crippen molar-refractivity contribution in [3.8, 4) is 5.75 Å². The highest BCUT2D eigenvalue weighted by Crippen LogP contribution is 2.23. The molecule has 0 heterocycles. The van der Waals surface area contributed by atoms with Crippen LogP contribution in [0.4, 0.5) is 24.5 Å². The zero-order valence-corrected chi connectivity index (χ0v) is 17.0. The number of rotatable bonds is 8. The Morgan fingerprint density at radius 1 is 1.10 bits per heavy atom. The Morgan fingerprint density at radius 3 is 2.23 bits per heavy atom. The molecule has 0 aromatic heterocycles. The number of amides is 2. The van der Waals surface area contributed by atoms with Gasteiger partial charge in [0, 0.05) is 17.9 Å². The summed E-state index contributed by atoms with van der Waals surface area (Å²) in [5.74, 6) is -0.843. The van der Waals surface area contributed by atoms with Crippen LogP contribution in [-0.2, 0) is 9.59 Å². The Morgan fingerprint density at radius 2 is 1.70 bits per heavy atom. The molecule has 2 atom stereocenters. The number of ether oxygens (including phenoxy) is 1. The number of hydrogen-bond donors (Lipinski definition) is 2. The minimum Gasteiger partial charge on any atom is -0.406 e. The number of quaternary nitrogens is 1. The number of carbonyl (C=O) groups excluding carboxylic acids is 2. The van der Waals surface area contributed by atoms with Gasteiger partial charge in [-0.2, -0.15) is 0 Å². The Labute approximate surface area is 173 Å². The highest BCUT2D eigenvalue weighted by Gasteiger charge is 2.31. The fourth-order valence-corrected chi connectivity index (χ4v) is 2.87. The van der Waals surface area contributed by atoms with Gasteiger partial charge in [0.25, 0.3) is 11.8 Å². The zero-order chi connectivity index (χ0) is 22.3. The first kappa shape index (κ1) is 23.2. The van der Waals surface area contributed by atoms with Crippen molar-refractivity contribution >= 4 is 23.2 Å². The molecule has 0 aliphatic rings. The van der Waals surface area contributed by atoms with E-state index in [1.54, 1.807) is 18.9 Å². The molecule has 0 radical (unpaired) electrons. The van der Waals surface area contributed by atoms with Gasteiger partial charge < -0.3 is 19.9 Å². The van der Waals surface area contributed by atoms with Crippen LogP contribution >= 0.6 is 0 Å². The maximum Gasteiger partial charge on any atom is 0.573 e. The highest BCUT2D eigenvalue weighted by atomic mass is 19.4. The molecular weight excluding hydrogens is 399 g/mol. The van der Waals surface area contributed by atoms with Crippen LogP contribution in [0.15, 0.2) is 54.6 Å². The van der Waals surface area contributed by atoms with E-state index >= 15 is 0 Å². The summed E-state index contributed by atoms with van der Waals surface area (Å²) >= 11 is 0. The van der Waals surface area contributed by atoms with Crippen LogP contribution in [0.2, 0.25) is 0 Å². The number of para-hydroxylation sites is 1. The maximum absolute atomic E-state index is 12.9. The molecule has 2 amide bonds. The van der Waals surface area contributed by atoms with Gasteiger partial charge in [0.2, 0.25) is 0 Å². The average molecular weight is 424 g/mol. The zero-order valence-electron chi connectivity index (χ0n) is 17.0. The summed E-state index contributed by atoms with van der Waals surface area (Å²) in [6.45, 7) is 4.14. The van der Waals surface area contributed by atoms with Crippen LogP contribution < -0.4 is 19.9 Å². The van der Waals surface area contributed by atoms with E-state index in [9.17, 15) is 22.8 Å². The van der Waals surface area contributed by atoms with Crippen molar-refractivity contribution in [2.24, 2.45) is 0 Å². The Bertz CT molecular complexity index is 842. The van der Waals surface area contributed by atoms with E-state index in [1.165, 1.54) is 12.1 Å². The first-order chi connectivity index (χ1) is 14.1. The number of carbonyl (C=O) groups is 2. The van der Waals surface area contributed by atoms with Gasteiger partial charge in [0.05, 0.1) is 7.05 Å². The Kier molecular flexibility index (Phi) is 7.82. The molecule has 0 aliphatic carbocycles. The molecule has 0 spiro atoms. The fraction of sp³-hybridized carbons (Fsp3) is 0.333. The minimum absolute atomic E-state index is 0.0139. The van der Waals surface area contributed by atoms with Crippen molar-refractivity contribution in [2.75, 3.05) is 30.4 Å². The summed E-state index contributed by atoms with van der Waals surface area (Å²) < 4.78 is 40.4. The van der Waals surface area contributed by atoms with Gasteiger partial charge in [0.1, 0.15) is 5.75 Å². The largest absolute Gasteiger partial charge is 0.573 e. The van der Waals surface area contributed by atoms with Gasteiger partial charge in [-0.05, 0) is 50.2 Å². The summed E-state index contributed by atoms with van der Waals surface area (Å²) in [6.07, 6.45) is -4.77. The van der Waals surface area contributed by atoms with Crippen molar-refractivity contribution in [2.45, 2.75) is 26.3 Å². The van der Waals surface area contributed by atoms with Gasteiger partial charge in [-0.1, -0.05) is 18.2 Å². The molecule has 0 aliphatic heterocycles. The lowest BCUT2D eigenvalue weighted by atomic mass is 10.2. The lowest BCUT2D eigenvalue weighted by molar-refractivity contribution is -0.885. The monoisotopic (exact) mass is 424 g/mol. The predicted molar refractivity (Wildman–Crippen MR) is 107 cm³/mol. The normalized spacial score (nSPS) is 13.3. The van der Waals surface area contributed by atoms with Gasteiger partial charge in [0.15, 0.2) is 12.6 Å². The SMILES string of the molecule is CCN(C(=O)[C@H](C)[NH+](C)CC(=O)Nc1ccc(OC(F)(F)F)cc1)c1ccccc1. The average Bonchev–Trinajstić information content (AvgIpc) is 2.69. The van der Waals surface area contributed by atoms with E-state index in [1.807, 2.05) is 37.3 Å². The predicted octanol–water partition coefficient (Wildman–Crippen LogP) is 2.48. The second-order valence-electron chi connectivity index (χ2n) is 6.78. The quantitative estimate of drug-likeness (QED) is 0.685. The number of alkyl halides is 3. The van der Waals surface area contributed by atoms with Crippen LogP contribution in [0.5, 0.6) is 5.75 Å². The van der Waals surface area contributed by atoms with Gasteiger partial charge >= 0.3 is 6.36 Å². The van der Waals surface area contributed by atoms with Crippen molar-refractivity contribution in [3.05, 3.63) is 54.6 Å². The number of hydrogen-bond acceptors (Lipinski definition) is 3. The number of nitrogens with zero attached hydrogens (tertiary/aromatic N) is 1. The van der Waals surface area contributed by atoms with Crippen molar-refractivity contribution in [1.82, 2.24) is 0 Å². The van der Waals surface area contributed by atoms with Crippen molar-refractivity contribution in [3.63, 3.8) is 0 Å². The van der Waals surface area contributed by atoms with Gasteiger partial charge in [-0.3, -0.25) is 9.59 Å². The third-order valence-electron chi connectivity index (χ3n) is 4.57. The van der Waals surface area contributed by atoms with Crippen LogP contribution in [0.25, 0.3) is 0 Å². The maximum atomic E-state index is 12.9. The summed E-state index contributed by atoms with van der Waals surface area (Å²) in [5, 5.41) is 2.61. The van der Waals surface area contributed by atoms with E-state index in [0.717, 1.165) is 17.8 Å². The van der Waals surface area contributed by atoms with Gasteiger partial charge in [-0.15, -0.1) is 13.2 Å². The van der Waals surface area contributed by atoms with Crippen LogP contribution in [-0.4, -0.2) is 44.4 Å². The Hall–Kier alpha value is -3.07. The molecule has 0 saturated heterocycles. The first-order valence-corrected chi connectivity index (χ1v) is 9.45. The smallest absolute Gasteiger partial charge is 0.406 e. The summed E-state index contributed by atoms with van der Waals surface area (Å²) in [6, 6.07) is 13.7. The molecule has 2 rings (SSSR count). The molecule has 0 bridgehead atoms. The molecule has 0 saturated carbocycles. The van der Waals surface area contributed by atoms with Gasteiger partial charge in [-0.25, -0.2) is 0 Å². The number of anilines is 2. The van der Waals surface area contributed by atoms with Crippen LogP contribution in [0.3, 0.4) is 0 Å². The third kappa shape index (κ3) is 6.77. The molecule has 2 aromatic rings. The number of nitrogens with one attached hydrogen (secondary N) is 2. The molecule has 9 heteroatoms. The number of likely N-dealkylation sites (N-methyl/N-ethyl adjacent to an activating group) is 2. The lowest BCUT2D eigenvalue weighted by Crippen LogP contribution is -3.15. The topological polar surface area (TPSA) is 63.1 Å². The van der Waals surface area contributed by atoms with Crippen molar-refractivity contribution < 1.29 is 32.4 Å². The molecular formula is C21H25F3N3O3+. The van der Waals surface area contributed by atoms with E-state index in [0.29, 0.717) is 17.1 Å². The standard InChI is InChI=1S/C21H24F3N3O3/c1-4-27(17-8-6-5-7-9-17)20(29)15(2)26(3)14-19(28)25-16-10-12-18(13-11-16)30-21(22,23)24/h5-13,15H,4,14H2,1-3H3,(H,25,28)/p+1/t15-/m0/s1. The van der Waals surface area contributed by atoms with Crippen molar-refractivity contribution in [1.29, 1.82) is 0 Å². The minimum atomic E-state index is -4.77. The molecule has 2 N–H and O–H groups in total. The molecule has 0 fully saturated rings. The summed E-state index contributed by atoms with van der Waals surface area (Å²) in [4.78, 5) is 27.5. The van der Waals surface area contributed by atoms with Crippen LogP contribution in [0.1, 0.15) is 13.8 Å². The molecule has 2 aromatic carbocycles. The second kappa shape index (κ2) is 10.1. The molecule has 1 unspecified atom stereocenters. The number of halogens is 3. The third-order valence-corrected chi connectivity index (χ3v) is 4.57. The first-order valence-electron chi connectivity index (χ1n) is 9.45. The molecule has 6 nitrogen and oxygen atoms in total. The fourth-order valence-electron chi connectivity index (χ4n) is 2.87. The number of benzene rings is 2. The van der Waals surface area contributed by atoms with E-state index in [4.69, 9.17) is 0 Å². The Balaban J connectivity index is 1.93. The lowest BCUT2D eigenvalue weighted by Gasteiger charge is -2.27. The molecule has 30 heavy (non-hydrogen) atoms. The van der Waals surface area contributed by atoms with Crippen LogP contribution in [0, 0.1) is 0 Å². The van der Waals surface area contributed by atoms with E-state index in [-0.39, 0.29) is 24.1 Å².